The van der Waals surface area contributed by atoms with E-state index in [4.69, 9.17) is 0 Å². The van der Waals surface area contributed by atoms with E-state index < -0.39 is 0 Å². The highest BCUT2D eigenvalue weighted by Crippen LogP contribution is 2.29. The molecule has 0 spiro atoms. The summed E-state index contributed by atoms with van der Waals surface area (Å²) in [7, 11) is 0. The Morgan fingerprint density at radius 3 is 2.56 bits per heavy atom. The molecule has 1 N–H and O–H groups in total. The minimum absolute atomic E-state index is 0.0829. The van der Waals surface area contributed by atoms with Gasteiger partial charge in [-0.25, -0.2) is 0 Å². The molecular formula is C25H25N5OS. The standard InChI is InChI=1S/C25H25N5OS/c1-3-7-19-11-13-21(14-12-19)27-23(31)17-32-25-29-28-24(20-9-6-15-26-16-20)30(25)22-10-5-4-8-18(22)2/h4-6,8-16H,3,7,17H2,1-2H3,(H,27,31). The van der Waals surface area contributed by atoms with E-state index in [0.29, 0.717) is 11.0 Å². The van der Waals surface area contributed by atoms with Gasteiger partial charge in [0.2, 0.25) is 5.91 Å². The van der Waals surface area contributed by atoms with E-state index in [1.54, 1.807) is 12.4 Å². The van der Waals surface area contributed by atoms with Crippen LogP contribution in [0, 0.1) is 6.92 Å². The van der Waals surface area contributed by atoms with Gasteiger partial charge in [-0.05, 0) is 54.8 Å². The lowest BCUT2D eigenvalue weighted by molar-refractivity contribution is -0.113. The molecule has 1 amide bonds. The maximum Gasteiger partial charge on any atom is 0.234 e. The molecular weight excluding hydrogens is 418 g/mol. The summed E-state index contributed by atoms with van der Waals surface area (Å²) in [6.45, 7) is 4.20. The smallest absolute Gasteiger partial charge is 0.234 e. The Morgan fingerprint density at radius 2 is 1.84 bits per heavy atom. The Labute approximate surface area is 192 Å². The van der Waals surface area contributed by atoms with E-state index in [0.717, 1.165) is 35.3 Å². The van der Waals surface area contributed by atoms with E-state index in [1.165, 1.54) is 17.3 Å². The molecule has 7 heteroatoms. The number of anilines is 1. The summed E-state index contributed by atoms with van der Waals surface area (Å²) in [4.78, 5) is 16.8. The first-order valence-corrected chi connectivity index (χ1v) is 11.6. The van der Waals surface area contributed by atoms with Gasteiger partial charge in [0.05, 0.1) is 11.4 Å². The van der Waals surface area contributed by atoms with E-state index in [1.807, 2.05) is 60.0 Å². The van der Waals surface area contributed by atoms with Gasteiger partial charge in [-0.15, -0.1) is 10.2 Å². The summed E-state index contributed by atoms with van der Waals surface area (Å²) in [6, 6.07) is 19.9. The van der Waals surface area contributed by atoms with Crippen LogP contribution in [0.25, 0.3) is 17.1 Å². The Bertz CT molecular complexity index is 1190. The van der Waals surface area contributed by atoms with Gasteiger partial charge in [-0.2, -0.15) is 0 Å². The predicted octanol–water partition coefficient (Wildman–Crippen LogP) is 5.32. The normalized spacial score (nSPS) is 10.8. The highest BCUT2D eigenvalue weighted by molar-refractivity contribution is 7.99. The Kier molecular flexibility index (Phi) is 6.97. The van der Waals surface area contributed by atoms with Crippen LogP contribution >= 0.6 is 11.8 Å². The van der Waals surface area contributed by atoms with Crippen LogP contribution in [0.5, 0.6) is 0 Å². The molecule has 4 aromatic rings. The maximum atomic E-state index is 12.6. The molecule has 0 radical (unpaired) electrons. The molecule has 0 saturated heterocycles. The molecule has 32 heavy (non-hydrogen) atoms. The minimum atomic E-state index is -0.0829. The topological polar surface area (TPSA) is 72.7 Å². The fourth-order valence-electron chi connectivity index (χ4n) is 3.45. The molecule has 0 unspecified atom stereocenters. The third kappa shape index (κ3) is 5.06. The number of carbonyl (C=O) groups excluding carboxylic acids is 1. The molecule has 0 saturated carbocycles. The lowest BCUT2D eigenvalue weighted by atomic mass is 10.1. The minimum Gasteiger partial charge on any atom is -0.325 e. The van der Waals surface area contributed by atoms with Crippen molar-refractivity contribution in [1.82, 2.24) is 19.7 Å². The quantitative estimate of drug-likeness (QED) is 0.373. The first-order valence-electron chi connectivity index (χ1n) is 10.6. The third-order valence-corrected chi connectivity index (χ3v) is 5.95. The van der Waals surface area contributed by atoms with Crippen molar-refractivity contribution in [3.05, 3.63) is 84.2 Å². The zero-order valence-electron chi connectivity index (χ0n) is 18.2. The number of nitrogens with zero attached hydrogens (tertiary/aromatic N) is 4. The number of hydrogen-bond donors (Lipinski definition) is 1. The van der Waals surface area contributed by atoms with Crippen LogP contribution in [0.3, 0.4) is 0 Å². The van der Waals surface area contributed by atoms with Gasteiger partial charge >= 0.3 is 0 Å². The molecule has 0 bridgehead atoms. The molecule has 0 fully saturated rings. The lowest BCUT2D eigenvalue weighted by Crippen LogP contribution is -2.14. The molecule has 0 aliphatic carbocycles. The van der Waals surface area contributed by atoms with E-state index in [2.05, 4.69) is 39.6 Å². The van der Waals surface area contributed by atoms with Crippen LogP contribution in [0.4, 0.5) is 5.69 Å². The largest absolute Gasteiger partial charge is 0.325 e. The van der Waals surface area contributed by atoms with Crippen LogP contribution in [0.1, 0.15) is 24.5 Å². The second-order valence-corrected chi connectivity index (χ2v) is 8.40. The number of para-hydroxylation sites is 1. The van der Waals surface area contributed by atoms with Crippen molar-refractivity contribution in [3.8, 4) is 17.1 Å². The van der Waals surface area contributed by atoms with Gasteiger partial charge in [-0.3, -0.25) is 14.3 Å². The third-order valence-electron chi connectivity index (χ3n) is 5.02. The number of thioether (sulfide) groups is 1. The second kappa shape index (κ2) is 10.2. The number of benzene rings is 2. The van der Waals surface area contributed by atoms with Gasteiger partial charge < -0.3 is 5.32 Å². The Morgan fingerprint density at radius 1 is 1.03 bits per heavy atom. The Balaban J connectivity index is 1.54. The summed E-state index contributed by atoms with van der Waals surface area (Å²) in [5, 5.41) is 12.4. The van der Waals surface area contributed by atoms with Crippen LogP contribution in [0.2, 0.25) is 0 Å². The molecule has 162 valence electrons. The first kappa shape index (κ1) is 21.8. The average molecular weight is 444 g/mol. The van der Waals surface area contributed by atoms with Crippen molar-refractivity contribution in [3.63, 3.8) is 0 Å². The van der Waals surface area contributed by atoms with E-state index in [9.17, 15) is 4.79 Å². The van der Waals surface area contributed by atoms with Gasteiger partial charge in [0.15, 0.2) is 11.0 Å². The second-order valence-electron chi connectivity index (χ2n) is 7.45. The van der Waals surface area contributed by atoms with E-state index in [-0.39, 0.29) is 11.7 Å². The van der Waals surface area contributed by atoms with Gasteiger partial charge in [0, 0.05) is 23.6 Å². The van der Waals surface area contributed by atoms with Crippen molar-refractivity contribution in [2.24, 2.45) is 0 Å². The van der Waals surface area contributed by atoms with Crippen molar-refractivity contribution in [2.45, 2.75) is 31.8 Å². The summed E-state index contributed by atoms with van der Waals surface area (Å²) in [5.74, 6) is 0.843. The molecule has 4 rings (SSSR count). The van der Waals surface area contributed by atoms with Crippen molar-refractivity contribution >= 4 is 23.4 Å². The van der Waals surface area contributed by atoms with Gasteiger partial charge in [-0.1, -0.05) is 55.4 Å². The maximum absolute atomic E-state index is 12.6. The van der Waals surface area contributed by atoms with Gasteiger partial charge in [0.1, 0.15) is 0 Å². The van der Waals surface area contributed by atoms with Crippen molar-refractivity contribution < 1.29 is 4.79 Å². The first-order chi connectivity index (χ1) is 15.7. The number of hydrogen-bond acceptors (Lipinski definition) is 5. The fourth-order valence-corrected chi connectivity index (χ4v) is 4.19. The molecule has 6 nitrogen and oxygen atoms in total. The molecule has 2 heterocycles. The summed E-state index contributed by atoms with van der Waals surface area (Å²) < 4.78 is 1.99. The molecule has 2 aromatic heterocycles. The molecule has 0 aliphatic heterocycles. The van der Waals surface area contributed by atoms with Crippen molar-refractivity contribution in [2.75, 3.05) is 11.1 Å². The summed E-state index contributed by atoms with van der Waals surface area (Å²) in [5.41, 5.74) is 5.01. The zero-order valence-corrected chi connectivity index (χ0v) is 19.0. The zero-order chi connectivity index (χ0) is 22.3. The SMILES string of the molecule is CCCc1ccc(NC(=O)CSc2nnc(-c3cccnc3)n2-c2ccccc2C)cc1. The fraction of sp³-hybridized carbons (Fsp3) is 0.200. The van der Waals surface area contributed by atoms with Gasteiger partial charge in [0.25, 0.3) is 0 Å². The monoisotopic (exact) mass is 443 g/mol. The summed E-state index contributed by atoms with van der Waals surface area (Å²) in [6.07, 6.45) is 5.64. The highest BCUT2D eigenvalue weighted by atomic mass is 32.2. The molecule has 0 atom stereocenters. The average Bonchev–Trinajstić information content (AvgIpc) is 3.24. The number of pyridine rings is 1. The van der Waals surface area contributed by atoms with Crippen LogP contribution in [0.15, 0.2) is 78.2 Å². The number of rotatable bonds is 8. The number of carbonyl (C=O) groups is 1. The summed E-state index contributed by atoms with van der Waals surface area (Å²) >= 11 is 1.36. The lowest BCUT2D eigenvalue weighted by Gasteiger charge is -2.12. The van der Waals surface area contributed by atoms with Crippen LogP contribution in [-0.2, 0) is 11.2 Å². The number of aromatic nitrogens is 4. The van der Waals surface area contributed by atoms with Crippen molar-refractivity contribution in [1.29, 1.82) is 0 Å². The van der Waals surface area contributed by atoms with Crippen LogP contribution < -0.4 is 5.32 Å². The van der Waals surface area contributed by atoms with Crippen LogP contribution in [-0.4, -0.2) is 31.4 Å². The Hall–Kier alpha value is -3.45. The number of nitrogens with one attached hydrogen (secondary N) is 1. The highest BCUT2D eigenvalue weighted by Gasteiger charge is 2.18. The number of amides is 1. The number of aryl methyl sites for hydroxylation is 2. The molecule has 2 aromatic carbocycles. The molecule has 0 aliphatic rings. The van der Waals surface area contributed by atoms with E-state index >= 15 is 0 Å². The predicted molar refractivity (Wildman–Crippen MR) is 129 cm³/mol.